The Bertz CT molecular complexity index is 774. The van der Waals surface area contributed by atoms with Crippen molar-refractivity contribution >= 4 is 0 Å². The Morgan fingerprint density at radius 2 is 1.82 bits per heavy atom. The summed E-state index contributed by atoms with van der Waals surface area (Å²) in [5, 5.41) is 18.7. The maximum atomic E-state index is 9.57. The summed E-state index contributed by atoms with van der Waals surface area (Å²) in [5.41, 5.74) is 3.78. The van der Waals surface area contributed by atoms with Crippen molar-refractivity contribution in [2.75, 3.05) is 33.4 Å². The van der Waals surface area contributed by atoms with Gasteiger partial charge in [-0.3, -0.25) is 9.80 Å². The van der Waals surface area contributed by atoms with Crippen LogP contribution in [0.25, 0.3) is 0 Å². The lowest BCUT2D eigenvalue weighted by Crippen LogP contribution is -2.52. The van der Waals surface area contributed by atoms with Crippen molar-refractivity contribution in [1.29, 1.82) is 0 Å². The predicted octanol–water partition coefficient (Wildman–Crippen LogP) is 2.47. The van der Waals surface area contributed by atoms with Gasteiger partial charge in [-0.2, -0.15) is 0 Å². The minimum absolute atomic E-state index is 0.0679. The zero-order valence-electron chi connectivity index (χ0n) is 17.1. The van der Waals surface area contributed by atoms with Crippen LogP contribution in [0.4, 0.5) is 0 Å². The summed E-state index contributed by atoms with van der Waals surface area (Å²) in [4.78, 5) is 4.84. The minimum atomic E-state index is -0.0679. The highest BCUT2D eigenvalue weighted by molar-refractivity contribution is 5.43. The second kappa shape index (κ2) is 9.56. The van der Waals surface area contributed by atoms with Crippen LogP contribution in [0.15, 0.2) is 28.7 Å². The van der Waals surface area contributed by atoms with Crippen LogP contribution in [0.1, 0.15) is 34.6 Å². The fourth-order valence-electron chi connectivity index (χ4n) is 4.01. The summed E-state index contributed by atoms with van der Waals surface area (Å²) in [7, 11) is 1.71. The van der Waals surface area contributed by atoms with E-state index in [9.17, 15) is 5.11 Å². The molecule has 6 nitrogen and oxygen atoms in total. The molecular formula is C22H32N2O4. The molecule has 1 fully saturated rings. The van der Waals surface area contributed by atoms with E-state index in [1.807, 2.05) is 18.2 Å². The van der Waals surface area contributed by atoms with E-state index in [0.717, 1.165) is 50.7 Å². The SMILES string of the molecule is COc1ccc(CN2CCN(Cc3ccc(CO)o3)CC2CCO)c(C)c1C. The lowest BCUT2D eigenvalue weighted by Gasteiger charge is -2.41. The molecule has 2 N–H and O–H groups in total. The molecule has 6 heteroatoms. The van der Waals surface area contributed by atoms with Crippen molar-refractivity contribution in [2.24, 2.45) is 0 Å². The van der Waals surface area contributed by atoms with E-state index in [1.54, 1.807) is 7.11 Å². The average Bonchev–Trinajstić information content (AvgIpc) is 3.15. The van der Waals surface area contributed by atoms with Gasteiger partial charge >= 0.3 is 0 Å². The Balaban J connectivity index is 1.67. The molecule has 3 rings (SSSR count). The van der Waals surface area contributed by atoms with Crippen LogP contribution in [-0.4, -0.2) is 59.4 Å². The number of rotatable bonds is 8. The first-order valence-corrected chi connectivity index (χ1v) is 9.94. The predicted molar refractivity (Wildman–Crippen MR) is 108 cm³/mol. The fraction of sp³-hybridized carbons (Fsp3) is 0.545. The van der Waals surface area contributed by atoms with E-state index in [4.69, 9.17) is 14.3 Å². The van der Waals surface area contributed by atoms with Gasteiger partial charge in [0.05, 0.1) is 13.7 Å². The van der Waals surface area contributed by atoms with Crippen molar-refractivity contribution < 1.29 is 19.4 Å². The second-order valence-electron chi connectivity index (χ2n) is 7.57. The van der Waals surface area contributed by atoms with Crippen LogP contribution >= 0.6 is 0 Å². The molecule has 0 bridgehead atoms. The van der Waals surface area contributed by atoms with E-state index in [1.165, 1.54) is 16.7 Å². The molecule has 28 heavy (non-hydrogen) atoms. The molecular weight excluding hydrogens is 356 g/mol. The van der Waals surface area contributed by atoms with Gasteiger partial charge in [0.1, 0.15) is 23.9 Å². The first-order chi connectivity index (χ1) is 13.5. The third-order valence-electron chi connectivity index (χ3n) is 5.85. The van der Waals surface area contributed by atoms with Crippen LogP contribution < -0.4 is 4.74 Å². The topological polar surface area (TPSA) is 69.3 Å². The third-order valence-corrected chi connectivity index (χ3v) is 5.85. The summed E-state index contributed by atoms with van der Waals surface area (Å²) >= 11 is 0. The van der Waals surface area contributed by atoms with Gasteiger partial charge in [-0.1, -0.05) is 6.07 Å². The third kappa shape index (κ3) is 4.75. The summed E-state index contributed by atoms with van der Waals surface area (Å²) in [6.45, 7) is 8.77. The van der Waals surface area contributed by atoms with E-state index < -0.39 is 0 Å². The highest BCUT2D eigenvalue weighted by Crippen LogP contribution is 2.26. The number of hydrogen-bond acceptors (Lipinski definition) is 6. The average molecular weight is 389 g/mol. The normalized spacial score (nSPS) is 18.5. The van der Waals surface area contributed by atoms with Crippen LogP contribution in [0.3, 0.4) is 0 Å². The summed E-state index contributed by atoms with van der Waals surface area (Å²) in [5.74, 6) is 2.41. The molecule has 1 atom stereocenters. The Kier molecular flexibility index (Phi) is 7.13. The molecule has 154 valence electrons. The Labute approximate surface area is 167 Å². The van der Waals surface area contributed by atoms with Crippen molar-refractivity contribution in [1.82, 2.24) is 9.80 Å². The molecule has 2 aromatic rings. The van der Waals surface area contributed by atoms with Crippen LogP contribution in [0.5, 0.6) is 5.75 Å². The molecule has 1 aromatic carbocycles. The van der Waals surface area contributed by atoms with Gasteiger partial charge in [0.15, 0.2) is 0 Å². The maximum absolute atomic E-state index is 9.57. The molecule has 1 unspecified atom stereocenters. The van der Waals surface area contributed by atoms with Crippen LogP contribution in [0.2, 0.25) is 0 Å². The largest absolute Gasteiger partial charge is 0.496 e. The van der Waals surface area contributed by atoms with Gasteiger partial charge < -0.3 is 19.4 Å². The number of aliphatic hydroxyl groups excluding tert-OH is 2. The van der Waals surface area contributed by atoms with Gasteiger partial charge in [-0.15, -0.1) is 0 Å². The quantitative estimate of drug-likeness (QED) is 0.724. The number of benzene rings is 1. The fourth-order valence-corrected chi connectivity index (χ4v) is 4.01. The summed E-state index contributed by atoms with van der Waals surface area (Å²) in [6, 6.07) is 8.26. The molecule has 0 saturated carbocycles. The van der Waals surface area contributed by atoms with Gasteiger partial charge in [0, 0.05) is 38.8 Å². The van der Waals surface area contributed by atoms with Crippen molar-refractivity contribution in [3.05, 3.63) is 52.5 Å². The van der Waals surface area contributed by atoms with Crippen molar-refractivity contribution in [3.8, 4) is 5.75 Å². The van der Waals surface area contributed by atoms with Crippen molar-refractivity contribution in [3.63, 3.8) is 0 Å². The van der Waals surface area contributed by atoms with E-state index in [0.29, 0.717) is 11.8 Å². The minimum Gasteiger partial charge on any atom is -0.496 e. The number of methoxy groups -OCH3 is 1. The highest BCUT2D eigenvalue weighted by atomic mass is 16.5. The van der Waals surface area contributed by atoms with Gasteiger partial charge in [-0.05, 0) is 55.2 Å². The number of piperazine rings is 1. The second-order valence-corrected chi connectivity index (χ2v) is 7.57. The Hall–Kier alpha value is -1.86. The number of nitrogens with zero attached hydrogens (tertiary/aromatic N) is 2. The Morgan fingerprint density at radius 3 is 2.50 bits per heavy atom. The molecule has 2 heterocycles. The van der Waals surface area contributed by atoms with Gasteiger partial charge in [0.25, 0.3) is 0 Å². The molecule has 1 aliphatic rings. The van der Waals surface area contributed by atoms with Gasteiger partial charge in [-0.25, -0.2) is 0 Å². The monoisotopic (exact) mass is 388 g/mol. The smallest absolute Gasteiger partial charge is 0.129 e. The number of furan rings is 1. The number of ether oxygens (including phenoxy) is 1. The van der Waals surface area contributed by atoms with E-state index in [-0.39, 0.29) is 13.2 Å². The van der Waals surface area contributed by atoms with Gasteiger partial charge in [0.2, 0.25) is 0 Å². The molecule has 0 spiro atoms. The lowest BCUT2D eigenvalue weighted by atomic mass is 10.00. The highest BCUT2D eigenvalue weighted by Gasteiger charge is 2.27. The van der Waals surface area contributed by atoms with E-state index >= 15 is 0 Å². The Morgan fingerprint density at radius 1 is 1.04 bits per heavy atom. The maximum Gasteiger partial charge on any atom is 0.129 e. The summed E-state index contributed by atoms with van der Waals surface area (Å²) < 4.78 is 11.1. The van der Waals surface area contributed by atoms with E-state index in [2.05, 4.69) is 29.7 Å². The molecule has 1 aromatic heterocycles. The molecule has 0 amide bonds. The summed E-state index contributed by atoms with van der Waals surface area (Å²) in [6.07, 6.45) is 0.755. The first kappa shape index (κ1) is 20.9. The standard InChI is InChI=1S/C22H32N2O4/c1-16-17(2)22(27-3)7-4-18(16)12-24-10-9-23(13-19(24)8-11-25)14-20-5-6-21(15-26)28-20/h4-7,19,25-26H,8-15H2,1-3H3. The molecule has 0 aliphatic carbocycles. The van der Waals surface area contributed by atoms with Crippen molar-refractivity contribution in [2.45, 2.75) is 46.0 Å². The van der Waals surface area contributed by atoms with Crippen LogP contribution in [-0.2, 0) is 19.7 Å². The zero-order chi connectivity index (χ0) is 20.1. The number of hydrogen-bond donors (Lipinski definition) is 2. The van der Waals surface area contributed by atoms with Crippen LogP contribution in [0, 0.1) is 13.8 Å². The first-order valence-electron chi connectivity index (χ1n) is 9.94. The molecule has 1 saturated heterocycles. The molecule has 1 aliphatic heterocycles. The number of aliphatic hydroxyl groups is 2. The molecule has 0 radical (unpaired) electrons. The zero-order valence-corrected chi connectivity index (χ0v) is 17.1. The lowest BCUT2D eigenvalue weighted by molar-refractivity contribution is 0.0463.